The van der Waals surface area contributed by atoms with Gasteiger partial charge in [-0.2, -0.15) is 0 Å². The lowest BCUT2D eigenvalue weighted by atomic mass is 9.98. The monoisotopic (exact) mass is 562 g/mol. The number of carbonyl (C=O) groups is 4. The highest BCUT2D eigenvalue weighted by Gasteiger charge is 2.31. The molecule has 10 heteroatoms. The molecule has 5 N–H and O–H groups in total. The Morgan fingerprint density at radius 1 is 1.00 bits per heavy atom. The van der Waals surface area contributed by atoms with E-state index in [1.807, 2.05) is 31.2 Å². The SMILES string of the molecule is CC[C@H](C)[C@H](NC(=O)OC(C)(C)C)C(=O)N/C(=C/c1ccccc1)C(=O)N[C@@H](Cc1c[nH]c2ccccc12)C(=O)O. The minimum Gasteiger partial charge on any atom is -0.480 e. The van der Waals surface area contributed by atoms with E-state index in [-0.39, 0.29) is 18.0 Å². The molecule has 0 saturated carbocycles. The van der Waals surface area contributed by atoms with Crippen molar-refractivity contribution in [2.75, 3.05) is 0 Å². The maximum atomic E-state index is 13.5. The lowest BCUT2D eigenvalue weighted by Crippen LogP contribution is -2.53. The second kappa shape index (κ2) is 13.6. The molecular formula is C31H38N4O6. The van der Waals surface area contributed by atoms with Crippen LogP contribution in [0.4, 0.5) is 4.79 Å². The number of fused-ring (bicyclic) bond motifs is 1. The van der Waals surface area contributed by atoms with E-state index in [0.29, 0.717) is 12.0 Å². The number of nitrogens with one attached hydrogen (secondary N) is 4. The number of benzene rings is 2. The molecule has 2 aromatic carbocycles. The summed E-state index contributed by atoms with van der Waals surface area (Å²) in [6.07, 6.45) is 2.99. The third kappa shape index (κ3) is 8.96. The molecule has 0 radical (unpaired) electrons. The number of ether oxygens (including phenoxy) is 1. The molecule has 1 aromatic heterocycles. The second-order valence-corrected chi connectivity index (χ2v) is 10.9. The normalized spacial score (nSPS) is 14.0. The summed E-state index contributed by atoms with van der Waals surface area (Å²) < 4.78 is 5.33. The van der Waals surface area contributed by atoms with Gasteiger partial charge in [-0.25, -0.2) is 9.59 Å². The summed E-state index contributed by atoms with van der Waals surface area (Å²) in [5.74, 6) is -2.93. The average Bonchev–Trinajstić information content (AvgIpc) is 3.32. The fraction of sp³-hybridized carbons (Fsp3) is 0.355. The van der Waals surface area contributed by atoms with Crippen LogP contribution in [0.2, 0.25) is 0 Å². The van der Waals surface area contributed by atoms with Gasteiger partial charge in [0.15, 0.2) is 0 Å². The van der Waals surface area contributed by atoms with Crippen molar-refractivity contribution in [2.24, 2.45) is 5.92 Å². The van der Waals surface area contributed by atoms with Crippen LogP contribution in [0.3, 0.4) is 0 Å². The first-order chi connectivity index (χ1) is 19.4. The topological polar surface area (TPSA) is 150 Å². The van der Waals surface area contributed by atoms with Crippen LogP contribution in [0.25, 0.3) is 17.0 Å². The molecule has 3 aromatic rings. The third-order valence-corrected chi connectivity index (χ3v) is 6.48. The van der Waals surface area contributed by atoms with Crippen LogP contribution in [-0.2, 0) is 25.5 Å². The molecule has 1 heterocycles. The van der Waals surface area contributed by atoms with Crippen molar-refractivity contribution in [3.8, 4) is 0 Å². The molecular weight excluding hydrogens is 524 g/mol. The van der Waals surface area contributed by atoms with Gasteiger partial charge >= 0.3 is 12.1 Å². The van der Waals surface area contributed by atoms with E-state index in [1.54, 1.807) is 64.2 Å². The van der Waals surface area contributed by atoms with Gasteiger partial charge in [0.1, 0.15) is 23.4 Å². The summed E-state index contributed by atoms with van der Waals surface area (Å²) in [4.78, 5) is 54.7. The summed E-state index contributed by atoms with van der Waals surface area (Å²) in [6.45, 7) is 8.81. The highest BCUT2D eigenvalue weighted by Crippen LogP contribution is 2.19. The van der Waals surface area contributed by atoms with E-state index >= 15 is 0 Å². The number of carboxylic acids is 1. The number of hydrogen-bond donors (Lipinski definition) is 5. The number of H-pyrrole nitrogens is 1. The predicted octanol–water partition coefficient (Wildman–Crippen LogP) is 4.38. The number of carbonyl (C=O) groups excluding carboxylic acids is 3. The standard InChI is InChI=1S/C31H38N4O6/c1-6-19(2)26(35-30(40)41-31(3,4)5)28(37)33-24(16-20-12-8-7-9-13-20)27(36)34-25(29(38)39)17-21-18-32-23-15-11-10-14-22(21)23/h7-16,18-19,25-26,32H,6,17H2,1-5H3,(H,33,37)(H,34,36)(H,35,40)(H,38,39)/b24-16+/t19-,25-,26-/m0/s1. The zero-order valence-corrected chi connectivity index (χ0v) is 24.0. The molecule has 10 nitrogen and oxygen atoms in total. The Bertz CT molecular complexity index is 1410. The highest BCUT2D eigenvalue weighted by molar-refractivity contribution is 6.03. The quantitative estimate of drug-likeness (QED) is 0.219. The van der Waals surface area contributed by atoms with Crippen LogP contribution in [0, 0.1) is 5.92 Å². The molecule has 0 saturated heterocycles. The minimum atomic E-state index is -1.27. The van der Waals surface area contributed by atoms with Gasteiger partial charge in [0.2, 0.25) is 5.91 Å². The molecule has 3 atom stereocenters. The zero-order valence-electron chi connectivity index (χ0n) is 24.0. The van der Waals surface area contributed by atoms with E-state index < -0.39 is 41.6 Å². The predicted molar refractivity (Wildman–Crippen MR) is 157 cm³/mol. The van der Waals surface area contributed by atoms with E-state index in [4.69, 9.17) is 4.74 Å². The Morgan fingerprint density at radius 3 is 2.29 bits per heavy atom. The fourth-order valence-electron chi connectivity index (χ4n) is 4.18. The lowest BCUT2D eigenvalue weighted by Gasteiger charge is -2.26. The first kappa shape index (κ1) is 30.9. The van der Waals surface area contributed by atoms with Crippen LogP contribution < -0.4 is 16.0 Å². The Kier molecular flexibility index (Phi) is 10.3. The summed E-state index contributed by atoms with van der Waals surface area (Å²) >= 11 is 0. The second-order valence-electron chi connectivity index (χ2n) is 10.9. The van der Waals surface area contributed by atoms with Crippen molar-refractivity contribution < 1.29 is 29.0 Å². The van der Waals surface area contributed by atoms with Gasteiger partial charge in [-0.05, 0) is 50.0 Å². The highest BCUT2D eigenvalue weighted by atomic mass is 16.6. The van der Waals surface area contributed by atoms with Gasteiger partial charge in [-0.15, -0.1) is 0 Å². The van der Waals surface area contributed by atoms with Crippen molar-refractivity contribution in [3.63, 3.8) is 0 Å². The molecule has 0 unspecified atom stereocenters. The van der Waals surface area contributed by atoms with Crippen LogP contribution in [0.15, 0.2) is 66.5 Å². The number of hydrogen-bond acceptors (Lipinski definition) is 5. The van der Waals surface area contributed by atoms with E-state index in [0.717, 1.165) is 16.5 Å². The average molecular weight is 563 g/mol. The van der Waals surface area contributed by atoms with Crippen molar-refractivity contribution in [1.29, 1.82) is 0 Å². The van der Waals surface area contributed by atoms with Gasteiger partial charge < -0.3 is 30.8 Å². The molecule has 218 valence electrons. The van der Waals surface area contributed by atoms with Crippen LogP contribution in [0.1, 0.15) is 52.2 Å². The number of alkyl carbamates (subject to hydrolysis) is 1. The molecule has 3 amide bonds. The Morgan fingerprint density at radius 2 is 1.66 bits per heavy atom. The summed E-state index contributed by atoms with van der Waals surface area (Å²) in [5.41, 5.74) is 1.26. The van der Waals surface area contributed by atoms with Crippen LogP contribution in [-0.4, -0.2) is 51.7 Å². The lowest BCUT2D eigenvalue weighted by molar-refractivity contribution is -0.141. The molecule has 0 aliphatic rings. The number of aromatic amines is 1. The van der Waals surface area contributed by atoms with Gasteiger partial charge in [-0.3, -0.25) is 9.59 Å². The van der Waals surface area contributed by atoms with Crippen molar-refractivity contribution in [3.05, 3.63) is 77.6 Å². The summed E-state index contributed by atoms with van der Waals surface area (Å²) in [5, 5.41) is 18.6. The van der Waals surface area contributed by atoms with Gasteiger partial charge in [0.05, 0.1) is 0 Å². The number of aliphatic carboxylic acids is 1. The molecule has 0 spiro atoms. The van der Waals surface area contributed by atoms with Gasteiger partial charge in [0.25, 0.3) is 5.91 Å². The maximum absolute atomic E-state index is 13.5. The smallest absolute Gasteiger partial charge is 0.408 e. The van der Waals surface area contributed by atoms with E-state index in [9.17, 15) is 24.3 Å². The number of aromatic nitrogens is 1. The number of para-hydroxylation sites is 1. The molecule has 0 aliphatic heterocycles. The van der Waals surface area contributed by atoms with E-state index in [2.05, 4.69) is 20.9 Å². The number of amides is 3. The zero-order chi connectivity index (χ0) is 30.2. The maximum Gasteiger partial charge on any atom is 0.408 e. The third-order valence-electron chi connectivity index (χ3n) is 6.48. The Labute approximate surface area is 239 Å². The minimum absolute atomic E-state index is 0.0212. The summed E-state index contributed by atoms with van der Waals surface area (Å²) in [6, 6.07) is 14.0. The Hall–Kier alpha value is -4.60. The van der Waals surface area contributed by atoms with Gasteiger partial charge in [-0.1, -0.05) is 68.8 Å². The van der Waals surface area contributed by atoms with Crippen molar-refractivity contribution in [2.45, 2.75) is 65.1 Å². The van der Waals surface area contributed by atoms with E-state index in [1.165, 1.54) is 6.08 Å². The molecule has 0 bridgehead atoms. The van der Waals surface area contributed by atoms with Crippen molar-refractivity contribution >= 4 is 40.9 Å². The molecule has 41 heavy (non-hydrogen) atoms. The molecule has 0 aliphatic carbocycles. The largest absolute Gasteiger partial charge is 0.480 e. The van der Waals surface area contributed by atoms with Crippen LogP contribution in [0.5, 0.6) is 0 Å². The summed E-state index contributed by atoms with van der Waals surface area (Å²) in [7, 11) is 0. The van der Waals surface area contributed by atoms with Gasteiger partial charge in [0, 0.05) is 23.5 Å². The van der Waals surface area contributed by atoms with Crippen molar-refractivity contribution in [1.82, 2.24) is 20.9 Å². The molecule has 0 fully saturated rings. The first-order valence-corrected chi connectivity index (χ1v) is 13.5. The van der Waals surface area contributed by atoms with Crippen LogP contribution >= 0.6 is 0 Å². The Balaban J connectivity index is 1.86. The number of rotatable bonds is 11. The molecule has 3 rings (SSSR count). The number of carboxylic acid groups (broad SMARTS) is 1. The first-order valence-electron chi connectivity index (χ1n) is 13.5. The fourth-order valence-corrected chi connectivity index (χ4v) is 4.18.